The lowest BCUT2D eigenvalue weighted by Gasteiger charge is -2.11. The van der Waals surface area contributed by atoms with Gasteiger partial charge in [0.25, 0.3) is 0 Å². The highest BCUT2D eigenvalue weighted by Crippen LogP contribution is 2.30. The fraction of sp³-hybridized carbons (Fsp3) is 0.400. The quantitative estimate of drug-likeness (QED) is 0.702. The molecule has 21 heavy (non-hydrogen) atoms. The van der Waals surface area contributed by atoms with Crippen LogP contribution in [0.5, 0.6) is 0 Å². The SMILES string of the molecule is CCCNc1nc(NCc2ccc(CC)s2)c(Cl)cc1Cl. The van der Waals surface area contributed by atoms with E-state index in [1.807, 2.05) is 0 Å². The first-order valence-corrected chi connectivity index (χ1v) is 8.62. The number of hydrogen-bond acceptors (Lipinski definition) is 4. The van der Waals surface area contributed by atoms with E-state index in [1.54, 1.807) is 17.4 Å². The number of nitrogens with one attached hydrogen (secondary N) is 2. The molecule has 2 N–H and O–H groups in total. The molecule has 0 unspecified atom stereocenters. The molecule has 0 aliphatic heterocycles. The van der Waals surface area contributed by atoms with E-state index in [0.29, 0.717) is 28.2 Å². The lowest BCUT2D eigenvalue weighted by molar-refractivity contribution is 0.968. The Morgan fingerprint density at radius 2 is 1.71 bits per heavy atom. The number of hydrogen-bond donors (Lipinski definition) is 2. The fourth-order valence-electron chi connectivity index (χ4n) is 1.84. The van der Waals surface area contributed by atoms with Crippen molar-refractivity contribution in [2.75, 3.05) is 17.2 Å². The van der Waals surface area contributed by atoms with Crippen molar-refractivity contribution in [2.45, 2.75) is 33.2 Å². The number of rotatable bonds is 7. The van der Waals surface area contributed by atoms with E-state index in [-0.39, 0.29) is 0 Å². The summed E-state index contributed by atoms with van der Waals surface area (Å²) in [4.78, 5) is 7.12. The predicted octanol–water partition coefficient (Wildman–Crippen LogP) is 5.45. The minimum Gasteiger partial charge on any atom is -0.369 e. The van der Waals surface area contributed by atoms with Crippen LogP contribution in [0.1, 0.15) is 30.0 Å². The van der Waals surface area contributed by atoms with Crippen molar-refractivity contribution in [1.82, 2.24) is 4.98 Å². The average Bonchev–Trinajstić information content (AvgIpc) is 2.93. The molecule has 0 fully saturated rings. The third-order valence-electron chi connectivity index (χ3n) is 2.97. The molecule has 6 heteroatoms. The van der Waals surface area contributed by atoms with Crippen LogP contribution in [0.2, 0.25) is 10.0 Å². The summed E-state index contributed by atoms with van der Waals surface area (Å²) in [5.41, 5.74) is 0. The molecule has 0 amide bonds. The second-order valence-corrected chi connectivity index (χ2v) is 6.72. The normalized spacial score (nSPS) is 10.7. The van der Waals surface area contributed by atoms with Gasteiger partial charge >= 0.3 is 0 Å². The lowest BCUT2D eigenvalue weighted by Crippen LogP contribution is -2.06. The summed E-state index contributed by atoms with van der Waals surface area (Å²) in [7, 11) is 0. The van der Waals surface area contributed by atoms with Crippen molar-refractivity contribution in [2.24, 2.45) is 0 Å². The molecule has 0 saturated heterocycles. The zero-order valence-corrected chi connectivity index (χ0v) is 14.5. The molecule has 0 radical (unpaired) electrons. The Bertz CT molecular complexity index is 599. The van der Waals surface area contributed by atoms with E-state index < -0.39 is 0 Å². The second-order valence-electron chi connectivity index (χ2n) is 4.65. The highest BCUT2D eigenvalue weighted by molar-refractivity contribution is 7.12. The Balaban J connectivity index is 2.07. The minimum absolute atomic E-state index is 0.536. The molecule has 0 aromatic carbocycles. The maximum Gasteiger partial charge on any atom is 0.147 e. The molecule has 3 nitrogen and oxygen atoms in total. The molecule has 0 atom stereocenters. The monoisotopic (exact) mass is 343 g/mol. The zero-order valence-electron chi connectivity index (χ0n) is 12.2. The topological polar surface area (TPSA) is 37.0 Å². The molecule has 0 aliphatic carbocycles. The van der Waals surface area contributed by atoms with Crippen LogP contribution in [0.15, 0.2) is 18.2 Å². The molecule has 0 aliphatic rings. The van der Waals surface area contributed by atoms with Crippen LogP contribution in [0, 0.1) is 0 Å². The Hall–Kier alpha value is -0.970. The molecule has 0 saturated carbocycles. The number of pyridine rings is 1. The smallest absolute Gasteiger partial charge is 0.147 e. The average molecular weight is 344 g/mol. The number of aryl methyl sites for hydroxylation is 1. The summed E-state index contributed by atoms with van der Waals surface area (Å²) in [6.45, 7) is 5.80. The van der Waals surface area contributed by atoms with Crippen LogP contribution < -0.4 is 10.6 Å². The maximum atomic E-state index is 6.20. The summed E-state index contributed by atoms with van der Waals surface area (Å²) >= 11 is 14.1. The van der Waals surface area contributed by atoms with E-state index in [4.69, 9.17) is 23.2 Å². The standard InChI is InChI=1S/C15H19Cl2N3S/c1-3-7-18-14-12(16)8-13(17)15(20-14)19-9-11-6-5-10(4-2)21-11/h5-6,8H,3-4,7,9H2,1-2H3,(H2,18,19,20). The van der Waals surface area contributed by atoms with E-state index in [9.17, 15) is 0 Å². The first-order valence-electron chi connectivity index (χ1n) is 7.05. The highest BCUT2D eigenvalue weighted by atomic mass is 35.5. The molecule has 2 aromatic heterocycles. The third-order valence-corrected chi connectivity index (χ3v) is 4.77. The molecule has 2 aromatic rings. The van der Waals surface area contributed by atoms with Gasteiger partial charge in [-0.3, -0.25) is 0 Å². The van der Waals surface area contributed by atoms with Crippen LogP contribution in [-0.4, -0.2) is 11.5 Å². The van der Waals surface area contributed by atoms with Gasteiger partial charge in [-0.2, -0.15) is 0 Å². The van der Waals surface area contributed by atoms with Crippen molar-refractivity contribution in [3.05, 3.63) is 38.0 Å². The van der Waals surface area contributed by atoms with E-state index in [0.717, 1.165) is 19.4 Å². The molecule has 0 spiro atoms. The van der Waals surface area contributed by atoms with Crippen molar-refractivity contribution in [1.29, 1.82) is 0 Å². The number of anilines is 2. The minimum atomic E-state index is 0.536. The first kappa shape index (κ1) is 16.4. The van der Waals surface area contributed by atoms with Crippen LogP contribution in [0.4, 0.5) is 11.6 Å². The first-order chi connectivity index (χ1) is 10.1. The third kappa shape index (κ3) is 4.50. The second kappa shape index (κ2) is 7.87. The highest BCUT2D eigenvalue weighted by Gasteiger charge is 2.09. The number of aromatic nitrogens is 1. The number of nitrogens with zero attached hydrogens (tertiary/aromatic N) is 1. The Kier molecular flexibility index (Phi) is 6.15. The zero-order chi connectivity index (χ0) is 15.2. The van der Waals surface area contributed by atoms with Gasteiger partial charge in [0, 0.05) is 16.3 Å². The van der Waals surface area contributed by atoms with Gasteiger partial charge in [-0.25, -0.2) is 4.98 Å². The molecule has 2 rings (SSSR count). The van der Waals surface area contributed by atoms with E-state index in [1.165, 1.54) is 9.75 Å². The van der Waals surface area contributed by atoms with Gasteiger partial charge in [0.05, 0.1) is 16.6 Å². The van der Waals surface area contributed by atoms with Gasteiger partial charge in [-0.05, 0) is 31.0 Å². The van der Waals surface area contributed by atoms with Crippen LogP contribution in [0.3, 0.4) is 0 Å². The molecule has 0 bridgehead atoms. The Morgan fingerprint density at radius 3 is 2.33 bits per heavy atom. The van der Waals surface area contributed by atoms with Crippen LogP contribution in [0.25, 0.3) is 0 Å². The van der Waals surface area contributed by atoms with Crippen molar-refractivity contribution in [3.63, 3.8) is 0 Å². The molecule has 2 heterocycles. The summed E-state index contributed by atoms with van der Waals surface area (Å²) < 4.78 is 0. The molecule has 114 valence electrons. The van der Waals surface area contributed by atoms with E-state index >= 15 is 0 Å². The Labute approximate surface area is 139 Å². The predicted molar refractivity (Wildman–Crippen MR) is 94.1 cm³/mol. The van der Waals surface area contributed by atoms with Gasteiger partial charge < -0.3 is 10.6 Å². The largest absolute Gasteiger partial charge is 0.369 e. The summed E-state index contributed by atoms with van der Waals surface area (Å²) in [6, 6.07) is 6.02. The summed E-state index contributed by atoms with van der Waals surface area (Å²) in [5, 5.41) is 7.56. The van der Waals surface area contributed by atoms with E-state index in [2.05, 4.69) is 41.6 Å². The fourth-order valence-corrected chi connectivity index (χ4v) is 3.23. The van der Waals surface area contributed by atoms with Crippen molar-refractivity contribution in [3.8, 4) is 0 Å². The van der Waals surface area contributed by atoms with Crippen LogP contribution in [-0.2, 0) is 13.0 Å². The van der Waals surface area contributed by atoms with Gasteiger partial charge in [-0.1, -0.05) is 37.0 Å². The Morgan fingerprint density at radius 1 is 1.05 bits per heavy atom. The van der Waals surface area contributed by atoms with Crippen LogP contribution >= 0.6 is 34.5 Å². The number of thiophene rings is 1. The molecular weight excluding hydrogens is 325 g/mol. The van der Waals surface area contributed by atoms with Gasteiger partial charge in [0.2, 0.25) is 0 Å². The maximum absolute atomic E-state index is 6.20. The summed E-state index contributed by atoms with van der Waals surface area (Å²) in [5.74, 6) is 1.33. The van der Waals surface area contributed by atoms with Gasteiger partial charge in [0.15, 0.2) is 0 Å². The van der Waals surface area contributed by atoms with Crippen molar-refractivity contribution >= 4 is 46.2 Å². The van der Waals surface area contributed by atoms with Crippen molar-refractivity contribution < 1.29 is 0 Å². The summed E-state index contributed by atoms with van der Waals surface area (Å²) in [6.07, 6.45) is 2.08. The van der Waals surface area contributed by atoms with Gasteiger partial charge in [-0.15, -0.1) is 11.3 Å². The number of halogens is 2. The van der Waals surface area contributed by atoms with Gasteiger partial charge in [0.1, 0.15) is 11.6 Å². The lowest BCUT2D eigenvalue weighted by atomic mass is 10.3. The molecular formula is C15H19Cl2N3S.